The molecule has 8 heteroatoms. The molecule has 1 aliphatic heterocycles. The van der Waals surface area contributed by atoms with Crippen LogP contribution in [0.2, 0.25) is 5.02 Å². The number of barbiturate groups is 1. The third-order valence-electron chi connectivity index (χ3n) is 9.68. The molecule has 3 aromatic rings. The largest absolute Gasteiger partial charge is 0.486 e. The van der Waals surface area contributed by atoms with Gasteiger partial charge in [-0.25, -0.2) is 9.69 Å². The fourth-order valence-electron chi connectivity index (χ4n) is 8.25. The van der Waals surface area contributed by atoms with Crippen molar-refractivity contribution in [2.24, 2.45) is 17.8 Å². The Balaban J connectivity index is 1.12. The fraction of sp³-hybridized carbons (Fsp3) is 0.343. The van der Waals surface area contributed by atoms with Crippen molar-refractivity contribution in [2.75, 3.05) is 4.90 Å². The molecular formula is C35H32BrClN2O4. The summed E-state index contributed by atoms with van der Waals surface area (Å²) in [6, 6.07) is 18.4. The number of amides is 4. The first-order chi connectivity index (χ1) is 20.7. The van der Waals surface area contributed by atoms with E-state index in [9.17, 15) is 14.4 Å². The van der Waals surface area contributed by atoms with E-state index < -0.39 is 17.8 Å². The van der Waals surface area contributed by atoms with Crippen LogP contribution in [0.25, 0.3) is 6.08 Å². The van der Waals surface area contributed by atoms with Crippen LogP contribution in [0, 0.1) is 24.7 Å². The Bertz CT molecular complexity index is 1620. The summed E-state index contributed by atoms with van der Waals surface area (Å²) < 4.78 is 6.55. The normalized spacial score (nSPS) is 27.1. The lowest BCUT2D eigenvalue weighted by atomic mass is 9.48. The first-order valence-corrected chi connectivity index (χ1v) is 16.0. The monoisotopic (exact) mass is 658 g/mol. The Kier molecular flexibility index (Phi) is 7.21. The molecule has 5 fully saturated rings. The molecule has 0 aromatic heterocycles. The average Bonchev–Trinajstić information content (AvgIpc) is 2.94. The molecule has 0 atom stereocenters. The van der Waals surface area contributed by atoms with Gasteiger partial charge in [-0.1, -0.05) is 53.6 Å². The van der Waals surface area contributed by atoms with Gasteiger partial charge in [-0.15, -0.1) is 0 Å². The summed E-state index contributed by atoms with van der Waals surface area (Å²) in [4.78, 5) is 40.3. The van der Waals surface area contributed by atoms with Crippen LogP contribution in [0.1, 0.15) is 60.8 Å². The van der Waals surface area contributed by atoms with Crippen molar-refractivity contribution in [3.63, 3.8) is 0 Å². The topological polar surface area (TPSA) is 75.7 Å². The number of imide groups is 2. The lowest BCUT2D eigenvalue weighted by molar-refractivity contribution is -0.122. The van der Waals surface area contributed by atoms with Crippen LogP contribution in [0.4, 0.5) is 10.5 Å². The van der Waals surface area contributed by atoms with Gasteiger partial charge in [-0.3, -0.25) is 14.9 Å². The number of rotatable bonds is 6. The van der Waals surface area contributed by atoms with Gasteiger partial charge in [0.25, 0.3) is 11.8 Å². The number of ether oxygens (including phenoxy) is 1. The van der Waals surface area contributed by atoms with Gasteiger partial charge in [0.1, 0.15) is 12.2 Å². The van der Waals surface area contributed by atoms with Crippen LogP contribution in [0.15, 0.2) is 70.7 Å². The molecule has 1 saturated heterocycles. The lowest BCUT2D eigenvalue weighted by Crippen LogP contribution is -2.54. The second kappa shape index (κ2) is 10.9. The van der Waals surface area contributed by atoms with E-state index in [4.69, 9.17) is 16.3 Å². The molecule has 4 saturated carbocycles. The predicted molar refractivity (Wildman–Crippen MR) is 170 cm³/mol. The highest BCUT2D eigenvalue weighted by molar-refractivity contribution is 9.10. The number of anilines is 1. The van der Waals surface area contributed by atoms with Gasteiger partial charge < -0.3 is 4.74 Å². The minimum atomic E-state index is -0.756. The molecule has 1 N–H and O–H groups in total. The standard InChI is InChI=1S/C35H32BrClN2O4/c1-20-3-2-4-21(9-20)19-43-31-29(36)14-22(15-30(31)37)13-28-32(40)38-34(42)39(33(28)41)27-7-5-26(6-8-27)35-16-23-10-24(17-35)12-25(11-23)18-35/h2-9,13-15,23-25H,10-12,16-19H2,1H3,(H,38,40,42)/b28-13+. The number of carbonyl (C=O) groups excluding carboxylic acids is 3. The third kappa shape index (κ3) is 5.31. The highest BCUT2D eigenvalue weighted by Gasteiger charge is 2.51. The van der Waals surface area contributed by atoms with Gasteiger partial charge in [0.2, 0.25) is 0 Å². The molecule has 5 aliphatic rings. The maximum absolute atomic E-state index is 13.6. The first-order valence-electron chi connectivity index (χ1n) is 14.9. The Hall–Kier alpha value is -3.42. The van der Waals surface area contributed by atoms with Gasteiger partial charge in [0.05, 0.1) is 15.2 Å². The van der Waals surface area contributed by atoms with E-state index in [1.165, 1.54) is 50.2 Å². The summed E-state index contributed by atoms with van der Waals surface area (Å²) >= 11 is 10.1. The molecule has 43 heavy (non-hydrogen) atoms. The molecule has 4 bridgehead atoms. The Labute approximate surface area is 264 Å². The second-order valence-electron chi connectivity index (χ2n) is 12.8. The van der Waals surface area contributed by atoms with E-state index >= 15 is 0 Å². The number of urea groups is 1. The Morgan fingerprint density at radius 2 is 1.65 bits per heavy atom. The van der Waals surface area contributed by atoms with Gasteiger partial charge in [0, 0.05) is 0 Å². The average molecular weight is 660 g/mol. The van der Waals surface area contributed by atoms with E-state index in [-0.39, 0.29) is 11.0 Å². The molecule has 4 amide bonds. The minimum Gasteiger partial charge on any atom is -0.486 e. The zero-order valence-corrected chi connectivity index (χ0v) is 26.2. The highest BCUT2D eigenvalue weighted by Crippen LogP contribution is 2.60. The van der Waals surface area contributed by atoms with Crippen LogP contribution < -0.4 is 15.0 Å². The minimum absolute atomic E-state index is 0.152. The van der Waals surface area contributed by atoms with Crippen molar-refractivity contribution >= 4 is 57.1 Å². The van der Waals surface area contributed by atoms with Crippen molar-refractivity contribution < 1.29 is 19.1 Å². The number of benzene rings is 3. The van der Waals surface area contributed by atoms with Gasteiger partial charge >= 0.3 is 6.03 Å². The van der Waals surface area contributed by atoms with Crippen LogP contribution in [0.5, 0.6) is 5.75 Å². The van der Waals surface area contributed by atoms with Crippen molar-refractivity contribution in [2.45, 2.75) is 57.5 Å². The first kappa shape index (κ1) is 28.4. The second-order valence-corrected chi connectivity index (χ2v) is 14.1. The summed E-state index contributed by atoms with van der Waals surface area (Å²) in [6.45, 7) is 2.35. The fourth-order valence-corrected chi connectivity index (χ4v) is 9.23. The molecule has 0 radical (unpaired) electrons. The van der Waals surface area contributed by atoms with E-state index in [1.54, 1.807) is 12.1 Å². The van der Waals surface area contributed by atoms with E-state index in [2.05, 4.69) is 33.4 Å². The molecule has 4 aliphatic carbocycles. The number of carbonyl (C=O) groups is 3. The SMILES string of the molecule is Cc1cccc(COc2c(Cl)cc(/C=C3\C(=O)NC(=O)N(c4ccc(C56CC7CC(CC(C7)C5)C6)cc4)C3=O)cc2Br)c1. The van der Waals surface area contributed by atoms with E-state index in [0.29, 0.717) is 33.1 Å². The van der Waals surface area contributed by atoms with Crippen molar-refractivity contribution in [1.29, 1.82) is 0 Å². The lowest BCUT2D eigenvalue weighted by Gasteiger charge is -2.57. The van der Waals surface area contributed by atoms with Crippen molar-refractivity contribution in [3.05, 3.63) is 98.0 Å². The van der Waals surface area contributed by atoms with Crippen LogP contribution >= 0.6 is 27.5 Å². The number of hydrogen-bond donors (Lipinski definition) is 1. The highest BCUT2D eigenvalue weighted by atomic mass is 79.9. The summed E-state index contributed by atoms with van der Waals surface area (Å²) in [6.07, 6.45) is 9.25. The molecule has 220 valence electrons. The zero-order valence-electron chi connectivity index (χ0n) is 23.9. The molecular weight excluding hydrogens is 628 g/mol. The van der Waals surface area contributed by atoms with E-state index in [1.807, 2.05) is 43.3 Å². The third-order valence-corrected chi connectivity index (χ3v) is 10.5. The van der Waals surface area contributed by atoms with Gasteiger partial charge in [0.15, 0.2) is 5.75 Å². The predicted octanol–water partition coefficient (Wildman–Crippen LogP) is 8.12. The molecule has 0 spiro atoms. The smallest absolute Gasteiger partial charge is 0.335 e. The van der Waals surface area contributed by atoms with Crippen molar-refractivity contribution in [3.8, 4) is 5.75 Å². The molecule has 6 nitrogen and oxygen atoms in total. The van der Waals surface area contributed by atoms with Crippen LogP contribution in [-0.4, -0.2) is 17.8 Å². The molecule has 3 aromatic carbocycles. The van der Waals surface area contributed by atoms with Gasteiger partial charge in [-0.2, -0.15) is 0 Å². The summed E-state index contributed by atoms with van der Waals surface area (Å²) in [7, 11) is 0. The Morgan fingerprint density at radius 3 is 2.28 bits per heavy atom. The summed E-state index contributed by atoms with van der Waals surface area (Å²) in [5, 5.41) is 2.65. The molecule has 0 unspecified atom stereocenters. The summed E-state index contributed by atoms with van der Waals surface area (Å²) in [5.74, 6) is 1.50. The van der Waals surface area contributed by atoms with Crippen molar-refractivity contribution in [1.82, 2.24) is 5.32 Å². The molecule has 8 rings (SSSR count). The van der Waals surface area contributed by atoms with Crippen LogP contribution in [-0.2, 0) is 21.6 Å². The van der Waals surface area contributed by atoms with Gasteiger partial charge in [-0.05, 0) is 132 Å². The van der Waals surface area contributed by atoms with E-state index in [0.717, 1.165) is 33.8 Å². The molecule has 1 heterocycles. The summed E-state index contributed by atoms with van der Waals surface area (Å²) in [5.41, 5.74) is 4.46. The number of nitrogens with zero attached hydrogens (tertiary/aromatic N) is 1. The number of aryl methyl sites for hydroxylation is 1. The Morgan fingerprint density at radius 1 is 0.977 bits per heavy atom. The number of nitrogens with one attached hydrogen (secondary N) is 1. The maximum Gasteiger partial charge on any atom is 0.335 e. The number of halogens is 2. The zero-order chi connectivity index (χ0) is 29.9. The van der Waals surface area contributed by atoms with Crippen LogP contribution in [0.3, 0.4) is 0 Å². The quantitative estimate of drug-likeness (QED) is 0.214. The maximum atomic E-state index is 13.6. The number of hydrogen-bond acceptors (Lipinski definition) is 4.